The van der Waals surface area contributed by atoms with Crippen molar-refractivity contribution >= 4 is 23.5 Å². The summed E-state index contributed by atoms with van der Waals surface area (Å²) >= 11 is 1.77. The van der Waals surface area contributed by atoms with Crippen molar-refractivity contribution in [2.45, 2.75) is 62.2 Å². The van der Waals surface area contributed by atoms with E-state index in [1.807, 2.05) is 17.0 Å². The van der Waals surface area contributed by atoms with Gasteiger partial charge in [-0.2, -0.15) is 0 Å². The molecule has 2 aliphatic heterocycles. The van der Waals surface area contributed by atoms with Crippen molar-refractivity contribution in [2.24, 2.45) is 5.41 Å². The van der Waals surface area contributed by atoms with Crippen molar-refractivity contribution in [3.05, 3.63) is 54.1 Å². The largest absolute Gasteiger partial charge is 0.497 e. The smallest absolute Gasteiger partial charge is 0.234 e. The Bertz CT molecular complexity index is 924. The summed E-state index contributed by atoms with van der Waals surface area (Å²) in [7, 11) is 1.69. The van der Waals surface area contributed by atoms with Gasteiger partial charge in [0.25, 0.3) is 0 Å². The van der Waals surface area contributed by atoms with Crippen LogP contribution in [0.3, 0.4) is 0 Å². The van der Waals surface area contributed by atoms with Crippen molar-refractivity contribution in [2.75, 3.05) is 31.6 Å². The average Bonchev–Trinajstić information content (AvgIpc) is 3.15. The lowest BCUT2D eigenvalue weighted by Gasteiger charge is -2.38. The fourth-order valence-electron chi connectivity index (χ4n) is 5.76. The van der Waals surface area contributed by atoms with Gasteiger partial charge in [0.1, 0.15) is 5.75 Å². The quantitative estimate of drug-likeness (QED) is 0.503. The minimum Gasteiger partial charge on any atom is -0.497 e. The van der Waals surface area contributed by atoms with E-state index in [1.165, 1.54) is 42.6 Å². The van der Waals surface area contributed by atoms with Gasteiger partial charge in [-0.05, 0) is 91.9 Å². The van der Waals surface area contributed by atoms with Gasteiger partial charge in [-0.25, -0.2) is 4.31 Å². The Labute approximate surface area is 196 Å². The van der Waals surface area contributed by atoms with Gasteiger partial charge in [0.2, 0.25) is 5.91 Å². The number of carbonyl (C=O) groups is 1. The maximum atomic E-state index is 13.6. The lowest BCUT2D eigenvalue weighted by Crippen LogP contribution is -2.45. The lowest BCUT2D eigenvalue weighted by atomic mass is 9.79. The maximum Gasteiger partial charge on any atom is 0.234 e. The van der Waals surface area contributed by atoms with Gasteiger partial charge in [0.15, 0.2) is 0 Å². The van der Waals surface area contributed by atoms with Crippen LogP contribution in [0.1, 0.15) is 62.8 Å². The molecule has 0 bridgehead atoms. The maximum absolute atomic E-state index is 13.6. The number of hydrogen-bond donors (Lipinski definition) is 0. The lowest BCUT2D eigenvalue weighted by molar-refractivity contribution is -0.127. The molecule has 2 aromatic carbocycles. The second-order valence-corrected chi connectivity index (χ2v) is 10.8. The van der Waals surface area contributed by atoms with E-state index in [2.05, 4.69) is 40.7 Å². The highest BCUT2D eigenvalue weighted by atomic mass is 32.2. The fourth-order valence-corrected chi connectivity index (χ4v) is 6.85. The molecule has 0 radical (unpaired) electrons. The van der Waals surface area contributed by atoms with E-state index >= 15 is 0 Å². The highest BCUT2D eigenvalue weighted by molar-refractivity contribution is 7.97. The van der Waals surface area contributed by atoms with Crippen molar-refractivity contribution in [3.63, 3.8) is 0 Å². The molecule has 1 saturated carbocycles. The summed E-state index contributed by atoms with van der Waals surface area (Å²) in [4.78, 5) is 16.9. The van der Waals surface area contributed by atoms with Gasteiger partial charge >= 0.3 is 0 Å². The number of methoxy groups -OCH3 is 1. The topological polar surface area (TPSA) is 32.8 Å². The Hall–Kier alpha value is -1.98. The fraction of sp³-hybridized carbons (Fsp3) is 0.519. The van der Waals surface area contributed by atoms with Crippen LogP contribution < -0.4 is 9.64 Å². The number of nitrogens with zero attached hydrogens (tertiary/aromatic N) is 2. The van der Waals surface area contributed by atoms with E-state index in [0.29, 0.717) is 11.8 Å². The van der Waals surface area contributed by atoms with Crippen LogP contribution in [0.2, 0.25) is 0 Å². The van der Waals surface area contributed by atoms with Crippen LogP contribution in [0.5, 0.6) is 5.75 Å². The first-order valence-electron chi connectivity index (χ1n) is 12.2. The average molecular weight is 451 g/mol. The molecular formula is C27H34N2O2S. The van der Waals surface area contributed by atoms with Gasteiger partial charge in [0.05, 0.1) is 12.5 Å². The first-order valence-corrected chi connectivity index (χ1v) is 12.9. The molecule has 0 aromatic heterocycles. The van der Waals surface area contributed by atoms with E-state index < -0.39 is 0 Å². The summed E-state index contributed by atoms with van der Waals surface area (Å²) in [6.07, 6.45) is 9.74. The van der Waals surface area contributed by atoms with Gasteiger partial charge in [0, 0.05) is 30.2 Å². The summed E-state index contributed by atoms with van der Waals surface area (Å²) in [6.45, 7) is 2.70. The normalized spacial score (nSPS) is 24.9. The van der Waals surface area contributed by atoms with Crippen LogP contribution >= 0.6 is 11.9 Å². The molecule has 2 saturated heterocycles. The number of ether oxygens (including phenoxy) is 1. The number of benzene rings is 2. The minimum atomic E-state index is -0.236. The molecule has 5 rings (SSSR count). The van der Waals surface area contributed by atoms with Crippen LogP contribution in [0.4, 0.5) is 5.69 Å². The molecule has 1 amide bonds. The van der Waals surface area contributed by atoms with Crippen molar-refractivity contribution in [1.29, 1.82) is 0 Å². The number of rotatable bonds is 5. The van der Waals surface area contributed by atoms with Crippen LogP contribution in [0.15, 0.2) is 53.4 Å². The molecule has 1 aliphatic carbocycles. The van der Waals surface area contributed by atoms with Crippen LogP contribution in [0.25, 0.3) is 0 Å². The molecular weight excluding hydrogens is 416 g/mol. The van der Waals surface area contributed by atoms with E-state index in [1.54, 1.807) is 19.1 Å². The second-order valence-electron chi connectivity index (χ2n) is 9.65. The molecule has 5 heteroatoms. The zero-order chi connectivity index (χ0) is 22.0. The Morgan fingerprint density at radius 3 is 2.38 bits per heavy atom. The predicted molar refractivity (Wildman–Crippen MR) is 131 cm³/mol. The number of piperidine rings is 1. The van der Waals surface area contributed by atoms with E-state index in [4.69, 9.17) is 4.74 Å². The molecule has 3 aliphatic rings. The summed E-state index contributed by atoms with van der Waals surface area (Å²) < 4.78 is 7.66. The SMILES string of the molecule is COc1ccc(SN2CCCC3(CCN(c4ccc(C5CCCCC5)cc4)C3=O)C2)cc1. The van der Waals surface area contributed by atoms with E-state index in [0.717, 1.165) is 50.3 Å². The highest BCUT2D eigenvalue weighted by Gasteiger charge is 2.49. The minimum absolute atomic E-state index is 0.236. The molecule has 3 fully saturated rings. The first kappa shape index (κ1) is 21.8. The standard InChI is InChI=1S/C27H34N2O2S/c1-31-24-12-14-25(15-13-24)32-28-18-5-16-27(20-28)17-19-29(26(27)30)23-10-8-22(9-11-23)21-6-3-2-4-7-21/h8-15,21H,2-7,16-20H2,1H3. The summed E-state index contributed by atoms with van der Waals surface area (Å²) in [5.74, 6) is 1.91. The molecule has 4 nitrogen and oxygen atoms in total. The van der Waals surface area contributed by atoms with Gasteiger partial charge in [-0.1, -0.05) is 31.4 Å². The molecule has 1 spiro atoms. The molecule has 0 N–H and O–H groups in total. The Kier molecular flexibility index (Phi) is 6.47. The monoisotopic (exact) mass is 450 g/mol. The third kappa shape index (κ3) is 4.42. The van der Waals surface area contributed by atoms with Gasteiger partial charge in [-0.3, -0.25) is 4.79 Å². The molecule has 1 unspecified atom stereocenters. The van der Waals surface area contributed by atoms with Crippen LogP contribution in [0, 0.1) is 5.41 Å². The number of carbonyl (C=O) groups excluding carboxylic acids is 1. The van der Waals surface area contributed by atoms with Crippen molar-refractivity contribution in [3.8, 4) is 5.75 Å². The zero-order valence-electron chi connectivity index (χ0n) is 19.1. The summed E-state index contributed by atoms with van der Waals surface area (Å²) in [6, 6.07) is 17.1. The van der Waals surface area contributed by atoms with E-state index in [-0.39, 0.29) is 5.41 Å². The second kappa shape index (κ2) is 9.48. The van der Waals surface area contributed by atoms with Gasteiger partial charge < -0.3 is 9.64 Å². The number of hydrogen-bond acceptors (Lipinski definition) is 4. The Balaban J connectivity index is 1.25. The summed E-state index contributed by atoms with van der Waals surface area (Å²) in [5, 5.41) is 0. The molecule has 2 heterocycles. The van der Waals surface area contributed by atoms with Gasteiger partial charge in [-0.15, -0.1) is 0 Å². The summed E-state index contributed by atoms with van der Waals surface area (Å²) in [5.41, 5.74) is 2.29. The molecule has 2 aromatic rings. The van der Waals surface area contributed by atoms with Crippen LogP contribution in [-0.4, -0.2) is 37.0 Å². The third-order valence-corrected chi connectivity index (χ3v) is 8.68. The zero-order valence-corrected chi connectivity index (χ0v) is 19.9. The predicted octanol–water partition coefficient (Wildman–Crippen LogP) is 6.27. The highest BCUT2D eigenvalue weighted by Crippen LogP contribution is 2.44. The molecule has 170 valence electrons. The first-order chi connectivity index (χ1) is 15.7. The third-order valence-electron chi connectivity index (χ3n) is 7.63. The van der Waals surface area contributed by atoms with E-state index in [9.17, 15) is 4.79 Å². The van der Waals surface area contributed by atoms with Crippen LogP contribution in [-0.2, 0) is 4.79 Å². The number of amides is 1. The number of anilines is 1. The Morgan fingerprint density at radius 1 is 0.906 bits per heavy atom. The molecule has 32 heavy (non-hydrogen) atoms. The molecule has 1 atom stereocenters. The Morgan fingerprint density at radius 2 is 1.66 bits per heavy atom. The van der Waals surface area contributed by atoms with Crippen molar-refractivity contribution in [1.82, 2.24) is 4.31 Å². The van der Waals surface area contributed by atoms with Crippen molar-refractivity contribution < 1.29 is 9.53 Å².